The number of carboxylic acid groups (broad SMARTS) is 1. The molecule has 0 unspecified atom stereocenters. The van der Waals surface area contributed by atoms with Crippen LogP contribution in [0.1, 0.15) is 5.56 Å². The second-order valence-electron chi connectivity index (χ2n) is 3.28. The third-order valence-corrected chi connectivity index (χ3v) is 2.22. The zero-order chi connectivity index (χ0) is 12.8. The number of carbonyl (C=O) groups is 1. The summed E-state index contributed by atoms with van der Waals surface area (Å²) in [5, 5.41) is 11.7. The maximum Gasteiger partial charge on any atom is 0.432 e. The minimum atomic E-state index is -4.61. The summed E-state index contributed by atoms with van der Waals surface area (Å²) in [6.07, 6.45) is -6.11. The van der Waals surface area contributed by atoms with Crippen LogP contribution in [-0.4, -0.2) is 21.0 Å². The molecule has 2 aromatic rings. The smallest absolute Gasteiger partial charge is 0.432 e. The molecule has 0 amide bonds. The Morgan fingerprint density at radius 2 is 2.06 bits per heavy atom. The molecule has 0 saturated heterocycles. The Hall–Kier alpha value is -2.25. The molecule has 0 spiro atoms. The number of nitrogen functional groups attached to an aromatic ring is 1. The Morgan fingerprint density at radius 3 is 2.59 bits per heavy atom. The number of rotatable bonds is 0. The van der Waals surface area contributed by atoms with Gasteiger partial charge in [0.25, 0.3) is 0 Å². The number of halogens is 3. The highest BCUT2D eigenvalue weighted by molar-refractivity contribution is 5.96. The van der Waals surface area contributed by atoms with E-state index in [-0.39, 0.29) is 5.52 Å². The fourth-order valence-electron chi connectivity index (χ4n) is 1.58. The summed E-state index contributed by atoms with van der Waals surface area (Å²) >= 11 is 0. The predicted molar refractivity (Wildman–Crippen MR) is 52.6 cm³/mol. The fraction of sp³-hybridized carbons (Fsp3) is 0.111. The number of anilines is 1. The number of aromatic nitrogens is 2. The fourth-order valence-corrected chi connectivity index (χ4v) is 1.58. The first-order valence-corrected chi connectivity index (χ1v) is 4.40. The molecule has 1 heterocycles. The minimum absolute atomic E-state index is 0.190. The summed E-state index contributed by atoms with van der Waals surface area (Å²) in [5.41, 5.74) is 4.13. The summed E-state index contributed by atoms with van der Waals surface area (Å²) in [4.78, 5) is 10.8. The van der Waals surface area contributed by atoms with E-state index in [1.807, 2.05) is 0 Å². The Balaban J connectivity index is 2.87. The first kappa shape index (κ1) is 11.2. The van der Waals surface area contributed by atoms with Gasteiger partial charge in [0, 0.05) is 0 Å². The predicted octanol–water partition coefficient (Wildman–Crippen LogP) is 2.16. The molecule has 8 heteroatoms. The van der Waals surface area contributed by atoms with E-state index in [0.29, 0.717) is 4.68 Å². The molecule has 0 bridgehead atoms. The van der Waals surface area contributed by atoms with E-state index in [9.17, 15) is 18.0 Å². The normalized spacial score (nSPS) is 11.9. The van der Waals surface area contributed by atoms with Gasteiger partial charge >= 0.3 is 12.3 Å². The zero-order valence-corrected chi connectivity index (χ0v) is 8.19. The van der Waals surface area contributed by atoms with Crippen LogP contribution in [0, 0.1) is 0 Å². The van der Waals surface area contributed by atoms with Crippen molar-refractivity contribution in [2.24, 2.45) is 0 Å². The molecule has 0 radical (unpaired) electrons. The van der Waals surface area contributed by atoms with Crippen molar-refractivity contribution in [2.45, 2.75) is 6.18 Å². The molecule has 0 aliphatic carbocycles. The van der Waals surface area contributed by atoms with E-state index in [0.717, 1.165) is 12.1 Å². The van der Waals surface area contributed by atoms with Crippen molar-refractivity contribution in [1.82, 2.24) is 9.78 Å². The van der Waals surface area contributed by atoms with Crippen LogP contribution in [0.25, 0.3) is 10.9 Å². The first-order valence-electron chi connectivity index (χ1n) is 4.40. The molecule has 2 rings (SSSR count). The van der Waals surface area contributed by atoms with E-state index < -0.39 is 29.0 Å². The maximum absolute atomic E-state index is 12.7. The molecule has 0 aliphatic heterocycles. The van der Waals surface area contributed by atoms with Gasteiger partial charge in [-0.25, -0.2) is 4.79 Å². The van der Waals surface area contributed by atoms with Crippen molar-refractivity contribution >= 4 is 22.8 Å². The van der Waals surface area contributed by atoms with E-state index in [1.54, 1.807) is 0 Å². The first-order chi connectivity index (χ1) is 7.82. The maximum atomic E-state index is 12.7. The number of hydrogen-bond acceptors (Lipinski definition) is 3. The lowest BCUT2D eigenvalue weighted by molar-refractivity contribution is -0.136. The summed E-state index contributed by atoms with van der Waals surface area (Å²) in [7, 11) is 0. The van der Waals surface area contributed by atoms with Gasteiger partial charge in [-0.15, -0.1) is 5.10 Å². The van der Waals surface area contributed by atoms with Crippen molar-refractivity contribution in [3.63, 3.8) is 0 Å². The standard InChI is InChI=1S/C9H6F3N3O2/c10-9(11,12)4-2-1-3-5-6(4)7(13)14-15(5)8(16)17/h1-3H,(H2,13,14)(H,16,17). The van der Waals surface area contributed by atoms with Crippen LogP contribution < -0.4 is 5.73 Å². The van der Waals surface area contributed by atoms with Gasteiger partial charge < -0.3 is 10.8 Å². The van der Waals surface area contributed by atoms with E-state index >= 15 is 0 Å². The average molecular weight is 245 g/mol. The molecular formula is C9H6F3N3O2. The molecule has 1 aromatic heterocycles. The van der Waals surface area contributed by atoms with Gasteiger partial charge in [-0.05, 0) is 12.1 Å². The molecule has 5 nitrogen and oxygen atoms in total. The Morgan fingerprint density at radius 1 is 1.41 bits per heavy atom. The van der Waals surface area contributed by atoms with E-state index in [4.69, 9.17) is 10.8 Å². The van der Waals surface area contributed by atoms with Gasteiger partial charge in [-0.3, -0.25) is 0 Å². The van der Waals surface area contributed by atoms with Gasteiger partial charge in [-0.2, -0.15) is 17.9 Å². The van der Waals surface area contributed by atoms with E-state index in [2.05, 4.69) is 5.10 Å². The molecule has 90 valence electrons. The van der Waals surface area contributed by atoms with Crippen LogP contribution in [0.4, 0.5) is 23.8 Å². The molecular weight excluding hydrogens is 239 g/mol. The lowest BCUT2D eigenvalue weighted by Gasteiger charge is -2.07. The SMILES string of the molecule is Nc1nn(C(=O)O)c2cccc(C(F)(F)F)c12. The molecule has 0 atom stereocenters. The molecule has 0 fully saturated rings. The quantitative estimate of drug-likeness (QED) is 0.745. The lowest BCUT2D eigenvalue weighted by Crippen LogP contribution is -2.10. The third kappa shape index (κ3) is 1.67. The van der Waals surface area contributed by atoms with Gasteiger partial charge in [0.1, 0.15) is 0 Å². The summed E-state index contributed by atoms with van der Waals surface area (Å²) < 4.78 is 38.4. The highest BCUT2D eigenvalue weighted by atomic mass is 19.4. The second kappa shape index (κ2) is 3.37. The van der Waals surface area contributed by atoms with Crippen LogP contribution >= 0.6 is 0 Å². The Labute approximate surface area is 92.2 Å². The van der Waals surface area contributed by atoms with Crippen LogP contribution in [0.15, 0.2) is 18.2 Å². The largest absolute Gasteiger partial charge is 0.463 e. The van der Waals surface area contributed by atoms with Crippen molar-refractivity contribution in [2.75, 3.05) is 5.73 Å². The number of alkyl halides is 3. The monoisotopic (exact) mass is 245 g/mol. The van der Waals surface area contributed by atoms with Gasteiger partial charge in [0.05, 0.1) is 16.5 Å². The van der Waals surface area contributed by atoms with Crippen LogP contribution in [-0.2, 0) is 6.18 Å². The number of fused-ring (bicyclic) bond motifs is 1. The molecule has 0 saturated carbocycles. The number of nitrogens with two attached hydrogens (primary N) is 1. The number of benzene rings is 1. The molecule has 1 aromatic carbocycles. The third-order valence-electron chi connectivity index (χ3n) is 2.22. The van der Waals surface area contributed by atoms with E-state index in [1.165, 1.54) is 6.07 Å². The average Bonchev–Trinajstić information content (AvgIpc) is 2.55. The molecule has 17 heavy (non-hydrogen) atoms. The van der Waals surface area contributed by atoms with Crippen molar-refractivity contribution in [1.29, 1.82) is 0 Å². The van der Waals surface area contributed by atoms with Gasteiger partial charge in [-0.1, -0.05) is 6.07 Å². The molecule has 3 N–H and O–H groups in total. The highest BCUT2D eigenvalue weighted by Gasteiger charge is 2.34. The lowest BCUT2D eigenvalue weighted by atomic mass is 10.1. The van der Waals surface area contributed by atoms with Crippen molar-refractivity contribution in [3.05, 3.63) is 23.8 Å². The Bertz CT molecular complexity index is 603. The minimum Gasteiger partial charge on any atom is -0.463 e. The van der Waals surface area contributed by atoms with Crippen LogP contribution in [0.3, 0.4) is 0 Å². The summed E-state index contributed by atoms with van der Waals surface area (Å²) in [5.74, 6) is -0.463. The van der Waals surface area contributed by atoms with Gasteiger partial charge in [0.2, 0.25) is 0 Å². The van der Waals surface area contributed by atoms with Crippen LogP contribution in [0.5, 0.6) is 0 Å². The highest BCUT2D eigenvalue weighted by Crippen LogP contribution is 2.36. The molecule has 0 aliphatic rings. The topological polar surface area (TPSA) is 81.1 Å². The summed E-state index contributed by atoms with van der Waals surface area (Å²) in [6.45, 7) is 0. The number of nitrogens with zero attached hydrogens (tertiary/aromatic N) is 2. The van der Waals surface area contributed by atoms with Crippen LogP contribution in [0.2, 0.25) is 0 Å². The number of hydrogen-bond donors (Lipinski definition) is 2. The second-order valence-corrected chi connectivity index (χ2v) is 3.28. The van der Waals surface area contributed by atoms with Gasteiger partial charge in [0.15, 0.2) is 5.82 Å². The van der Waals surface area contributed by atoms with Crippen molar-refractivity contribution < 1.29 is 23.1 Å². The van der Waals surface area contributed by atoms with Crippen molar-refractivity contribution in [3.8, 4) is 0 Å². The summed E-state index contributed by atoms with van der Waals surface area (Å²) in [6, 6.07) is 3.14. The Kier molecular flexibility index (Phi) is 2.23. The zero-order valence-electron chi connectivity index (χ0n) is 8.19.